The quantitative estimate of drug-likeness (QED) is 0.563. The van der Waals surface area contributed by atoms with E-state index in [1.54, 1.807) is 41.5 Å². The molecule has 7 nitrogen and oxygen atoms in total. The van der Waals surface area contributed by atoms with Gasteiger partial charge in [0, 0.05) is 6.04 Å². The number of esters is 2. The molecule has 142 valence electrons. The van der Waals surface area contributed by atoms with Crippen LogP contribution in [0.3, 0.4) is 0 Å². The number of carbonyl (C=O) groups excluding carboxylic acids is 2. The molecule has 6 N–H and O–H groups in total. The van der Waals surface area contributed by atoms with Gasteiger partial charge >= 0.3 is 11.9 Å². The van der Waals surface area contributed by atoms with E-state index in [-0.39, 0.29) is 6.04 Å². The van der Waals surface area contributed by atoms with E-state index in [1.165, 1.54) is 0 Å². The van der Waals surface area contributed by atoms with Crippen molar-refractivity contribution >= 4 is 11.9 Å². The Morgan fingerprint density at radius 2 is 1.00 bits per heavy atom. The molecule has 24 heavy (non-hydrogen) atoms. The summed E-state index contributed by atoms with van der Waals surface area (Å²) < 4.78 is 10.4. The number of nitrogens with two attached hydrogens (primary N) is 3. The molecular formula is C17H35N3O4. The molecule has 0 aromatic heterocycles. The molecule has 7 heteroatoms. The molecule has 0 amide bonds. The highest BCUT2D eigenvalue weighted by Gasteiger charge is 2.24. The van der Waals surface area contributed by atoms with E-state index in [0.717, 1.165) is 0 Å². The van der Waals surface area contributed by atoms with E-state index < -0.39 is 35.2 Å². The summed E-state index contributed by atoms with van der Waals surface area (Å²) in [5.74, 6) is -0.861. The highest BCUT2D eigenvalue weighted by Crippen LogP contribution is 2.13. The Hall–Kier alpha value is -1.18. The van der Waals surface area contributed by atoms with Crippen molar-refractivity contribution in [2.75, 3.05) is 0 Å². The van der Waals surface area contributed by atoms with Crippen LogP contribution in [0.15, 0.2) is 0 Å². The SMILES string of the molecule is CC(C)(C)OC(=O)C(N)CCC(N)CCC(N)C(=O)OC(C)(C)C. The average Bonchev–Trinajstić information content (AvgIpc) is 2.38. The van der Waals surface area contributed by atoms with Crippen LogP contribution in [0, 0.1) is 0 Å². The molecule has 0 radical (unpaired) electrons. The van der Waals surface area contributed by atoms with Crippen LogP contribution in [-0.4, -0.2) is 41.3 Å². The molecule has 0 saturated heterocycles. The fourth-order valence-electron chi connectivity index (χ4n) is 1.92. The number of hydrogen-bond donors (Lipinski definition) is 3. The minimum absolute atomic E-state index is 0.188. The van der Waals surface area contributed by atoms with Crippen LogP contribution in [0.25, 0.3) is 0 Å². The van der Waals surface area contributed by atoms with Crippen molar-refractivity contribution < 1.29 is 19.1 Å². The van der Waals surface area contributed by atoms with Gasteiger partial charge in [0.15, 0.2) is 0 Å². The summed E-state index contributed by atoms with van der Waals surface area (Å²) in [5, 5.41) is 0. The largest absolute Gasteiger partial charge is 0.459 e. The fraction of sp³-hybridized carbons (Fsp3) is 0.882. The third-order valence-corrected chi connectivity index (χ3v) is 3.12. The number of hydrogen-bond acceptors (Lipinski definition) is 7. The van der Waals surface area contributed by atoms with Crippen LogP contribution in [0.5, 0.6) is 0 Å². The Morgan fingerprint density at radius 3 is 1.25 bits per heavy atom. The second kappa shape index (κ2) is 9.34. The van der Waals surface area contributed by atoms with Gasteiger partial charge in [0.2, 0.25) is 0 Å². The summed E-state index contributed by atoms with van der Waals surface area (Å²) in [7, 11) is 0. The summed E-state index contributed by atoms with van der Waals surface area (Å²) in [6.45, 7) is 10.8. The molecule has 2 unspecified atom stereocenters. The van der Waals surface area contributed by atoms with Gasteiger partial charge < -0.3 is 26.7 Å². The van der Waals surface area contributed by atoms with Gasteiger partial charge in [-0.05, 0) is 67.2 Å². The summed E-state index contributed by atoms with van der Waals surface area (Å²) in [6, 6.07) is -1.59. The average molecular weight is 345 g/mol. The van der Waals surface area contributed by atoms with Crippen LogP contribution >= 0.6 is 0 Å². The summed E-state index contributed by atoms with van der Waals surface area (Å²) >= 11 is 0. The zero-order valence-electron chi connectivity index (χ0n) is 15.9. The van der Waals surface area contributed by atoms with E-state index in [0.29, 0.717) is 25.7 Å². The van der Waals surface area contributed by atoms with Crippen LogP contribution in [0.4, 0.5) is 0 Å². The van der Waals surface area contributed by atoms with E-state index in [9.17, 15) is 9.59 Å². The standard InChI is InChI=1S/C17H35N3O4/c1-16(2,3)23-14(21)12(19)9-7-11(18)8-10-13(20)15(22)24-17(4,5)6/h11-13H,7-10,18-20H2,1-6H3. The van der Waals surface area contributed by atoms with Crippen molar-refractivity contribution in [3.05, 3.63) is 0 Å². The molecule has 0 aliphatic heterocycles. The third-order valence-electron chi connectivity index (χ3n) is 3.12. The zero-order chi connectivity index (χ0) is 19.1. The second-order valence-electron chi connectivity index (χ2n) is 8.19. The van der Waals surface area contributed by atoms with Gasteiger partial charge in [0.05, 0.1) is 0 Å². The molecular weight excluding hydrogens is 310 g/mol. The smallest absolute Gasteiger partial charge is 0.323 e. The van der Waals surface area contributed by atoms with E-state index in [2.05, 4.69) is 0 Å². The van der Waals surface area contributed by atoms with Crippen molar-refractivity contribution in [3.8, 4) is 0 Å². The van der Waals surface area contributed by atoms with Crippen molar-refractivity contribution in [3.63, 3.8) is 0 Å². The predicted octanol–water partition coefficient (Wildman–Crippen LogP) is 1.21. The number of rotatable bonds is 8. The van der Waals surface area contributed by atoms with E-state index in [4.69, 9.17) is 26.7 Å². The van der Waals surface area contributed by atoms with Crippen LogP contribution in [0.2, 0.25) is 0 Å². The van der Waals surface area contributed by atoms with Gasteiger partial charge in [-0.25, -0.2) is 0 Å². The van der Waals surface area contributed by atoms with Gasteiger partial charge in [-0.3, -0.25) is 9.59 Å². The van der Waals surface area contributed by atoms with E-state index in [1.807, 2.05) is 0 Å². The fourth-order valence-corrected chi connectivity index (χ4v) is 1.92. The van der Waals surface area contributed by atoms with Crippen LogP contribution in [-0.2, 0) is 19.1 Å². The van der Waals surface area contributed by atoms with Gasteiger partial charge in [-0.15, -0.1) is 0 Å². The highest BCUT2D eigenvalue weighted by atomic mass is 16.6. The molecule has 0 aromatic carbocycles. The minimum atomic E-state index is -0.699. The molecule has 0 spiro atoms. The monoisotopic (exact) mass is 345 g/mol. The lowest BCUT2D eigenvalue weighted by molar-refractivity contribution is -0.157. The molecule has 2 atom stereocenters. The first kappa shape index (κ1) is 22.8. The van der Waals surface area contributed by atoms with Crippen LogP contribution in [0.1, 0.15) is 67.2 Å². The van der Waals surface area contributed by atoms with Gasteiger partial charge in [0.25, 0.3) is 0 Å². The topological polar surface area (TPSA) is 131 Å². The summed E-state index contributed by atoms with van der Waals surface area (Å²) in [5.41, 5.74) is 16.5. The minimum Gasteiger partial charge on any atom is -0.459 e. The molecule has 0 fully saturated rings. The van der Waals surface area contributed by atoms with Crippen molar-refractivity contribution in [2.45, 2.75) is 96.6 Å². The Morgan fingerprint density at radius 1 is 0.708 bits per heavy atom. The molecule has 0 aromatic rings. The van der Waals surface area contributed by atoms with Crippen molar-refractivity contribution in [1.29, 1.82) is 0 Å². The van der Waals surface area contributed by atoms with Gasteiger partial charge in [-0.1, -0.05) is 0 Å². The Balaban J connectivity index is 4.12. The molecule has 0 rings (SSSR count). The molecule has 0 heterocycles. The maximum atomic E-state index is 11.8. The maximum absolute atomic E-state index is 11.8. The lowest BCUT2D eigenvalue weighted by Crippen LogP contribution is -2.39. The second-order valence-corrected chi connectivity index (χ2v) is 8.19. The lowest BCUT2D eigenvalue weighted by Gasteiger charge is -2.23. The molecule has 0 bridgehead atoms. The molecule has 0 aliphatic carbocycles. The first-order chi connectivity index (χ1) is 10.7. The zero-order valence-corrected chi connectivity index (χ0v) is 15.9. The highest BCUT2D eigenvalue weighted by molar-refractivity contribution is 5.76. The van der Waals surface area contributed by atoms with Gasteiger partial charge in [-0.2, -0.15) is 0 Å². The Bertz CT molecular complexity index is 375. The molecule has 0 aliphatic rings. The molecule has 0 saturated carbocycles. The first-order valence-corrected chi connectivity index (χ1v) is 8.44. The van der Waals surface area contributed by atoms with Crippen LogP contribution < -0.4 is 17.2 Å². The van der Waals surface area contributed by atoms with Gasteiger partial charge in [0.1, 0.15) is 23.3 Å². The van der Waals surface area contributed by atoms with Crippen molar-refractivity contribution in [1.82, 2.24) is 0 Å². The lowest BCUT2D eigenvalue weighted by atomic mass is 10.0. The number of ether oxygens (including phenoxy) is 2. The Kier molecular flexibility index (Phi) is 8.88. The van der Waals surface area contributed by atoms with Crippen molar-refractivity contribution in [2.24, 2.45) is 17.2 Å². The number of carbonyl (C=O) groups is 2. The van der Waals surface area contributed by atoms with E-state index >= 15 is 0 Å². The summed E-state index contributed by atoms with van der Waals surface area (Å²) in [6.07, 6.45) is 1.97. The summed E-state index contributed by atoms with van der Waals surface area (Å²) in [4.78, 5) is 23.6. The third kappa shape index (κ3) is 11.4. The Labute approximate surface area is 145 Å². The maximum Gasteiger partial charge on any atom is 0.323 e. The normalized spacial score (nSPS) is 16.2. The first-order valence-electron chi connectivity index (χ1n) is 8.44. The predicted molar refractivity (Wildman–Crippen MR) is 94.1 cm³/mol.